The van der Waals surface area contributed by atoms with Crippen LogP contribution in [-0.4, -0.2) is 4.98 Å². The number of aromatic nitrogens is 1. The monoisotopic (exact) mass is 172 g/mol. The summed E-state index contributed by atoms with van der Waals surface area (Å²) in [4.78, 5) is 3.58. The second-order valence-corrected chi connectivity index (χ2v) is 2.66. The highest BCUT2D eigenvalue weighted by atomic mass is 19.1. The predicted molar refractivity (Wildman–Crippen MR) is 48.5 cm³/mol. The van der Waals surface area contributed by atoms with Crippen molar-refractivity contribution in [3.63, 3.8) is 0 Å². The van der Waals surface area contributed by atoms with Crippen LogP contribution < -0.4 is 0 Å². The first kappa shape index (κ1) is 7.92. The van der Waals surface area contributed by atoms with E-state index in [-0.39, 0.29) is 0 Å². The number of halogens is 1. The van der Waals surface area contributed by atoms with Gasteiger partial charge in [-0.2, -0.15) is 4.39 Å². The van der Waals surface area contributed by atoms with Crippen molar-refractivity contribution in [1.82, 2.24) is 4.98 Å². The van der Waals surface area contributed by atoms with Gasteiger partial charge in [0.25, 0.3) is 0 Å². The van der Waals surface area contributed by atoms with Crippen LogP contribution >= 0.6 is 0 Å². The van der Waals surface area contributed by atoms with E-state index in [2.05, 4.69) is 11.1 Å². The lowest BCUT2D eigenvalue weighted by Crippen LogP contribution is -1.82. The third kappa shape index (κ3) is 1.72. The normalized spacial score (nSPS) is 9.92. The molecule has 0 bridgehead atoms. The van der Waals surface area contributed by atoms with Crippen molar-refractivity contribution < 1.29 is 4.39 Å². The van der Waals surface area contributed by atoms with Crippen LogP contribution in [0.3, 0.4) is 0 Å². The first-order valence-corrected chi connectivity index (χ1v) is 3.94. The first-order chi connectivity index (χ1) is 6.36. The number of hydrogen-bond donors (Lipinski definition) is 0. The summed E-state index contributed by atoms with van der Waals surface area (Å²) < 4.78 is 12.5. The highest BCUT2D eigenvalue weighted by molar-refractivity contribution is 5.61. The van der Waals surface area contributed by atoms with Gasteiger partial charge in [0.15, 0.2) is 0 Å². The molecule has 0 N–H and O–H groups in total. The molecule has 0 amide bonds. The van der Waals surface area contributed by atoms with Gasteiger partial charge in [-0.15, -0.1) is 0 Å². The maximum absolute atomic E-state index is 12.5. The average Bonchev–Trinajstić information content (AvgIpc) is 2.20. The second kappa shape index (κ2) is 3.35. The zero-order valence-electron chi connectivity index (χ0n) is 6.87. The van der Waals surface area contributed by atoms with Gasteiger partial charge in [0, 0.05) is 11.8 Å². The predicted octanol–water partition coefficient (Wildman–Crippen LogP) is 2.69. The quantitative estimate of drug-likeness (QED) is 0.602. The van der Waals surface area contributed by atoms with E-state index in [1.165, 1.54) is 12.3 Å². The fourth-order valence-corrected chi connectivity index (χ4v) is 1.13. The van der Waals surface area contributed by atoms with Gasteiger partial charge in [0.05, 0.1) is 0 Å². The Kier molecular flexibility index (Phi) is 2.04. The highest BCUT2D eigenvalue weighted by Gasteiger charge is 1.96. The molecule has 1 heterocycles. The molecule has 1 aromatic carbocycles. The smallest absolute Gasteiger partial charge is 0.212 e. The molecule has 0 atom stereocenters. The summed E-state index contributed by atoms with van der Waals surface area (Å²) in [5.74, 6) is -0.453. The molecule has 2 aromatic rings. The van der Waals surface area contributed by atoms with E-state index in [4.69, 9.17) is 0 Å². The van der Waals surface area contributed by atoms with Crippen molar-refractivity contribution in [3.8, 4) is 11.1 Å². The molecule has 1 aromatic heterocycles. The zero-order chi connectivity index (χ0) is 9.10. The molecule has 0 aliphatic carbocycles. The second-order valence-electron chi connectivity index (χ2n) is 2.66. The number of nitrogens with zero attached hydrogens (tertiary/aromatic N) is 1. The molecule has 0 unspecified atom stereocenters. The summed E-state index contributed by atoms with van der Waals surface area (Å²) in [7, 11) is 0. The van der Waals surface area contributed by atoms with Gasteiger partial charge < -0.3 is 0 Å². The molecule has 2 rings (SSSR count). The largest absolute Gasteiger partial charge is 0.228 e. The maximum atomic E-state index is 12.5. The van der Waals surface area contributed by atoms with E-state index in [9.17, 15) is 4.39 Å². The molecule has 0 saturated carbocycles. The summed E-state index contributed by atoms with van der Waals surface area (Å²) in [5, 5.41) is 0. The maximum Gasteiger partial charge on any atom is 0.212 e. The minimum absolute atomic E-state index is 0.453. The molecule has 0 aliphatic rings. The van der Waals surface area contributed by atoms with Gasteiger partial charge in [0.1, 0.15) is 0 Å². The van der Waals surface area contributed by atoms with E-state index >= 15 is 0 Å². The van der Waals surface area contributed by atoms with E-state index in [0.29, 0.717) is 0 Å². The van der Waals surface area contributed by atoms with Crippen molar-refractivity contribution in [2.24, 2.45) is 0 Å². The van der Waals surface area contributed by atoms with Crippen LogP contribution in [0.1, 0.15) is 0 Å². The van der Waals surface area contributed by atoms with Crippen LogP contribution in [0, 0.1) is 12.0 Å². The molecule has 13 heavy (non-hydrogen) atoms. The van der Waals surface area contributed by atoms with Crippen LogP contribution in [0.4, 0.5) is 4.39 Å². The topological polar surface area (TPSA) is 12.9 Å². The van der Waals surface area contributed by atoms with Crippen LogP contribution in [-0.2, 0) is 0 Å². The van der Waals surface area contributed by atoms with Crippen molar-refractivity contribution in [2.45, 2.75) is 0 Å². The van der Waals surface area contributed by atoms with E-state index < -0.39 is 5.95 Å². The molecular formula is C11H7FN. The van der Waals surface area contributed by atoms with Gasteiger partial charge in [-0.3, -0.25) is 0 Å². The van der Waals surface area contributed by atoms with Crippen LogP contribution in [0.5, 0.6) is 0 Å². The van der Waals surface area contributed by atoms with E-state index in [1.807, 2.05) is 24.3 Å². The lowest BCUT2D eigenvalue weighted by molar-refractivity contribution is 0.584. The third-order valence-electron chi connectivity index (χ3n) is 1.78. The summed E-state index contributed by atoms with van der Waals surface area (Å²) in [6.45, 7) is 0. The van der Waals surface area contributed by atoms with E-state index in [0.717, 1.165) is 11.1 Å². The molecule has 0 fully saturated rings. The Hall–Kier alpha value is -1.70. The van der Waals surface area contributed by atoms with Gasteiger partial charge in [-0.05, 0) is 23.8 Å². The molecule has 1 nitrogen and oxygen atoms in total. The first-order valence-electron chi connectivity index (χ1n) is 3.94. The van der Waals surface area contributed by atoms with Crippen molar-refractivity contribution in [2.75, 3.05) is 0 Å². The molecule has 0 saturated heterocycles. The Morgan fingerprint density at radius 2 is 1.77 bits per heavy atom. The van der Waals surface area contributed by atoms with Gasteiger partial charge >= 0.3 is 0 Å². The van der Waals surface area contributed by atoms with Crippen LogP contribution in [0.25, 0.3) is 11.1 Å². The summed E-state index contributed by atoms with van der Waals surface area (Å²) >= 11 is 0. The molecule has 0 aliphatic heterocycles. The summed E-state index contributed by atoms with van der Waals surface area (Å²) in [5.41, 5.74) is 1.93. The number of pyridine rings is 1. The Balaban J connectivity index is 2.42. The fourth-order valence-electron chi connectivity index (χ4n) is 1.13. The molecular weight excluding hydrogens is 165 g/mol. The fraction of sp³-hybridized carbons (Fsp3) is 0. The molecule has 1 radical (unpaired) electrons. The number of hydrogen-bond acceptors (Lipinski definition) is 1. The van der Waals surface area contributed by atoms with Crippen molar-refractivity contribution >= 4 is 0 Å². The summed E-state index contributed by atoms with van der Waals surface area (Å²) in [6.07, 6.45) is 1.52. The highest BCUT2D eigenvalue weighted by Crippen LogP contribution is 2.16. The lowest BCUT2D eigenvalue weighted by atomic mass is 10.1. The van der Waals surface area contributed by atoms with Crippen LogP contribution in [0.2, 0.25) is 0 Å². The molecule has 0 spiro atoms. The molecule has 63 valence electrons. The summed E-state index contributed by atoms with van der Waals surface area (Å²) in [6, 6.07) is 13.4. The minimum atomic E-state index is -0.453. The van der Waals surface area contributed by atoms with Gasteiger partial charge in [-0.1, -0.05) is 24.3 Å². The SMILES string of the molecule is Fc1ccc(-c2cc[c]cc2)cn1. The van der Waals surface area contributed by atoms with Gasteiger partial charge in [0.2, 0.25) is 5.95 Å². The Bertz CT molecular complexity index is 381. The average molecular weight is 172 g/mol. The Labute approximate surface area is 75.9 Å². The Morgan fingerprint density at radius 1 is 1.00 bits per heavy atom. The number of benzene rings is 1. The van der Waals surface area contributed by atoms with E-state index in [1.54, 1.807) is 6.07 Å². The Morgan fingerprint density at radius 3 is 2.38 bits per heavy atom. The zero-order valence-corrected chi connectivity index (χ0v) is 6.87. The van der Waals surface area contributed by atoms with Crippen molar-refractivity contribution in [1.29, 1.82) is 0 Å². The van der Waals surface area contributed by atoms with Crippen molar-refractivity contribution in [3.05, 3.63) is 54.6 Å². The standard InChI is InChI=1S/C11H7FN/c12-11-7-6-10(8-13-11)9-4-2-1-3-5-9/h2-8H. The third-order valence-corrected chi connectivity index (χ3v) is 1.78. The number of rotatable bonds is 1. The van der Waals surface area contributed by atoms with Crippen LogP contribution in [0.15, 0.2) is 42.6 Å². The van der Waals surface area contributed by atoms with Gasteiger partial charge in [-0.25, -0.2) is 4.98 Å². The lowest BCUT2D eigenvalue weighted by Gasteiger charge is -1.98. The molecule has 2 heteroatoms. The minimum Gasteiger partial charge on any atom is -0.228 e.